The standard InChI is InChI=1S/C24H22N4O3S/c1-2-31-23-18(11-25)12-26-20-9-8-16(10-19(20)23)14-32-15-22(30)28-24(32)27-13-21(29)17-6-4-3-5-7-17/h3-10,12,14,21,29H,2,13,15H2,1H3,(H,27,28,30)/t21-,32?/m0/s1. The number of aromatic nitrogens is 1. The van der Waals surface area contributed by atoms with Crippen molar-refractivity contribution in [2.75, 3.05) is 18.9 Å². The van der Waals surface area contributed by atoms with E-state index < -0.39 is 16.6 Å². The van der Waals surface area contributed by atoms with Crippen LogP contribution in [0.2, 0.25) is 0 Å². The molecule has 0 saturated carbocycles. The van der Waals surface area contributed by atoms with Gasteiger partial charge >= 0.3 is 0 Å². The molecule has 2 atom stereocenters. The number of benzene rings is 2. The molecule has 7 nitrogen and oxygen atoms in total. The SMILES string of the molecule is CCOc1c(C#N)cnc2ccc(/C=S3/CC(=O)N=C3NC[C@H](O)c3ccccc3)cc12. The van der Waals surface area contributed by atoms with Gasteiger partial charge < -0.3 is 15.2 Å². The van der Waals surface area contributed by atoms with Crippen LogP contribution < -0.4 is 10.1 Å². The van der Waals surface area contributed by atoms with Gasteiger partial charge in [-0.05, 0) is 35.6 Å². The van der Waals surface area contributed by atoms with Crippen LogP contribution in [0.1, 0.15) is 29.7 Å². The quantitative estimate of drug-likeness (QED) is 0.563. The maximum Gasteiger partial charge on any atom is 0.258 e. The number of rotatable bonds is 6. The Kier molecular flexibility index (Phi) is 6.59. The second kappa shape index (κ2) is 9.73. The van der Waals surface area contributed by atoms with E-state index in [1.165, 1.54) is 6.20 Å². The largest absolute Gasteiger partial charge is 0.492 e. The zero-order valence-corrected chi connectivity index (χ0v) is 18.3. The van der Waals surface area contributed by atoms with Gasteiger partial charge in [0.1, 0.15) is 17.4 Å². The summed E-state index contributed by atoms with van der Waals surface area (Å²) < 4.78 is 5.72. The highest BCUT2D eigenvalue weighted by Gasteiger charge is 2.20. The molecule has 1 aromatic heterocycles. The second-order valence-electron chi connectivity index (χ2n) is 7.13. The number of aliphatic imine (C=N–C) groups is 1. The third kappa shape index (κ3) is 4.69. The number of ether oxygens (including phenoxy) is 1. The van der Waals surface area contributed by atoms with Crippen molar-refractivity contribution < 1.29 is 14.6 Å². The number of hydrogen-bond donors (Lipinski definition) is 2. The molecule has 8 heteroatoms. The van der Waals surface area contributed by atoms with Crippen LogP contribution >= 0.6 is 10.5 Å². The number of aliphatic hydroxyl groups excluding tert-OH is 1. The van der Waals surface area contributed by atoms with Crippen molar-refractivity contribution >= 4 is 37.8 Å². The number of carbonyl (C=O) groups is 1. The van der Waals surface area contributed by atoms with Gasteiger partial charge in [0.05, 0.1) is 24.0 Å². The lowest BCUT2D eigenvalue weighted by Gasteiger charge is -2.14. The molecule has 1 unspecified atom stereocenters. The summed E-state index contributed by atoms with van der Waals surface area (Å²) >= 11 is 0. The number of amides is 1. The first-order valence-corrected chi connectivity index (χ1v) is 11.6. The average Bonchev–Trinajstić information content (AvgIpc) is 3.17. The fourth-order valence-corrected chi connectivity index (χ4v) is 5.04. The summed E-state index contributed by atoms with van der Waals surface area (Å²) in [6.07, 6.45) is 0.811. The molecular formula is C24H22N4O3S. The summed E-state index contributed by atoms with van der Waals surface area (Å²) in [7, 11) is -0.552. The molecule has 0 bridgehead atoms. The Morgan fingerprint density at radius 1 is 1.31 bits per heavy atom. The van der Waals surface area contributed by atoms with Crippen molar-refractivity contribution in [2.24, 2.45) is 4.99 Å². The Balaban J connectivity index is 1.60. The Bertz CT molecular complexity index is 1270. The highest BCUT2D eigenvalue weighted by atomic mass is 32.2. The molecule has 1 amide bonds. The molecule has 2 aromatic carbocycles. The molecular weight excluding hydrogens is 424 g/mol. The number of pyridine rings is 1. The van der Waals surface area contributed by atoms with E-state index in [0.29, 0.717) is 23.1 Å². The first-order valence-electron chi connectivity index (χ1n) is 10.2. The molecule has 1 aliphatic rings. The average molecular weight is 447 g/mol. The maximum absolute atomic E-state index is 12.0. The summed E-state index contributed by atoms with van der Waals surface area (Å²) in [4.78, 5) is 20.5. The molecule has 0 radical (unpaired) electrons. The van der Waals surface area contributed by atoms with Gasteiger partial charge in [0.25, 0.3) is 5.91 Å². The summed E-state index contributed by atoms with van der Waals surface area (Å²) in [5, 5.41) is 26.3. The second-order valence-corrected chi connectivity index (χ2v) is 8.90. The van der Waals surface area contributed by atoms with Gasteiger partial charge in [-0.2, -0.15) is 10.3 Å². The molecule has 0 saturated heterocycles. The lowest BCUT2D eigenvalue weighted by molar-refractivity contribution is -0.115. The monoisotopic (exact) mass is 446 g/mol. The van der Waals surface area contributed by atoms with Crippen LogP contribution in [0.4, 0.5) is 0 Å². The van der Waals surface area contributed by atoms with Crippen LogP contribution in [-0.2, 0) is 4.79 Å². The van der Waals surface area contributed by atoms with E-state index >= 15 is 0 Å². The minimum Gasteiger partial charge on any atom is -0.492 e. The highest BCUT2D eigenvalue weighted by molar-refractivity contribution is 8.28. The van der Waals surface area contributed by atoms with Crippen molar-refractivity contribution in [2.45, 2.75) is 13.0 Å². The number of amidine groups is 1. The topological polar surface area (TPSA) is 108 Å². The van der Waals surface area contributed by atoms with Crippen LogP contribution in [0.3, 0.4) is 0 Å². The first-order chi connectivity index (χ1) is 15.6. The van der Waals surface area contributed by atoms with E-state index in [9.17, 15) is 15.2 Å². The molecule has 0 fully saturated rings. The zero-order valence-electron chi connectivity index (χ0n) is 17.5. The summed E-state index contributed by atoms with van der Waals surface area (Å²) in [6, 6.07) is 17.2. The van der Waals surface area contributed by atoms with Crippen molar-refractivity contribution in [3.05, 3.63) is 71.4 Å². The molecule has 1 aliphatic heterocycles. The van der Waals surface area contributed by atoms with E-state index in [2.05, 4.69) is 21.4 Å². The molecule has 32 heavy (non-hydrogen) atoms. The van der Waals surface area contributed by atoms with Crippen molar-refractivity contribution in [3.63, 3.8) is 0 Å². The lowest BCUT2D eigenvalue weighted by Crippen LogP contribution is -2.26. The summed E-state index contributed by atoms with van der Waals surface area (Å²) in [5.41, 5.74) is 2.79. The van der Waals surface area contributed by atoms with Crippen LogP contribution in [0.5, 0.6) is 5.75 Å². The van der Waals surface area contributed by atoms with E-state index in [1.54, 1.807) is 0 Å². The zero-order chi connectivity index (χ0) is 22.5. The van der Waals surface area contributed by atoms with Crippen molar-refractivity contribution in [1.29, 1.82) is 5.26 Å². The van der Waals surface area contributed by atoms with Gasteiger partial charge in [-0.25, -0.2) is 0 Å². The third-order valence-corrected chi connectivity index (χ3v) is 6.76. The van der Waals surface area contributed by atoms with Gasteiger partial charge in [-0.1, -0.05) is 36.4 Å². The number of hydrogen-bond acceptors (Lipinski definition) is 6. The van der Waals surface area contributed by atoms with Crippen molar-refractivity contribution in [3.8, 4) is 11.8 Å². The minimum atomic E-state index is -0.704. The van der Waals surface area contributed by atoms with E-state index in [4.69, 9.17) is 4.74 Å². The molecule has 162 valence electrons. The normalized spacial score (nSPS) is 16.6. The number of nitriles is 1. The predicted molar refractivity (Wildman–Crippen MR) is 127 cm³/mol. The third-order valence-electron chi connectivity index (χ3n) is 4.91. The van der Waals surface area contributed by atoms with E-state index in [-0.39, 0.29) is 18.2 Å². The fraction of sp³-hybridized carbons (Fsp3) is 0.208. The molecule has 3 aromatic rings. The molecule has 0 aliphatic carbocycles. The Morgan fingerprint density at radius 2 is 2.12 bits per heavy atom. The maximum atomic E-state index is 12.0. The number of aliphatic hydroxyl groups is 1. The number of carbonyl (C=O) groups excluding carboxylic acids is 1. The predicted octanol–water partition coefficient (Wildman–Crippen LogP) is 3.14. The van der Waals surface area contributed by atoms with Crippen molar-refractivity contribution in [1.82, 2.24) is 10.3 Å². The molecule has 2 N–H and O–H groups in total. The summed E-state index contributed by atoms with van der Waals surface area (Å²) in [5.74, 6) is 0.612. The van der Waals surface area contributed by atoms with Crippen LogP contribution in [0.15, 0.2) is 59.7 Å². The summed E-state index contributed by atoms with van der Waals surface area (Å²) in [6.45, 7) is 2.56. The Hall–Kier alpha value is -3.54. The highest BCUT2D eigenvalue weighted by Crippen LogP contribution is 2.30. The van der Waals surface area contributed by atoms with E-state index in [1.807, 2.05) is 60.8 Å². The van der Waals surface area contributed by atoms with Gasteiger partial charge in [0.15, 0.2) is 5.17 Å². The van der Waals surface area contributed by atoms with Crippen LogP contribution in [0.25, 0.3) is 10.9 Å². The lowest BCUT2D eigenvalue weighted by atomic mass is 10.1. The van der Waals surface area contributed by atoms with Crippen LogP contribution in [-0.4, -0.2) is 45.4 Å². The van der Waals surface area contributed by atoms with Crippen LogP contribution in [0, 0.1) is 11.3 Å². The van der Waals surface area contributed by atoms with Gasteiger partial charge in [-0.3, -0.25) is 9.78 Å². The smallest absolute Gasteiger partial charge is 0.258 e. The Labute approximate surface area is 188 Å². The number of fused-ring (bicyclic) bond motifs is 1. The van der Waals surface area contributed by atoms with Gasteiger partial charge in [0, 0.05) is 18.1 Å². The van der Waals surface area contributed by atoms with Gasteiger partial charge in [0.2, 0.25) is 0 Å². The molecule has 2 heterocycles. The molecule has 0 spiro atoms. The molecule has 4 rings (SSSR count). The first kappa shape index (κ1) is 21.7. The fourth-order valence-electron chi connectivity index (χ4n) is 3.42. The minimum absolute atomic E-state index is 0.189. The number of nitrogens with zero attached hydrogens (tertiary/aromatic N) is 3. The van der Waals surface area contributed by atoms with Gasteiger partial charge in [-0.15, -0.1) is 10.5 Å². The number of nitrogens with one attached hydrogen (secondary N) is 1. The van der Waals surface area contributed by atoms with E-state index in [0.717, 1.165) is 22.0 Å². The Morgan fingerprint density at radius 3 is 2.88 bits per heavy atom.